The molecule has 1 aliphatic heterocycles. The Balaban J connectivity index is 1.55. The summed E-state index contributed by atoms with van der Waals surface area (Å²) >= 11 is 0. The number of nitrogens with one attached hydrogen (secondary N) is 2. The lowest BCUT2D eigenvalue weighted by molar-refractivity contribution is -0.128. The van der Waals surface area contributed by atoms with E-state index in [4.69, 9.17) is 0 Å². The summed E-state index contributed by atoms with van der Waals surface area (Å²) in [7, 11) is 1.93. The lowest BCUT2D eigenvalue weighted by atomic mass is 10.1. The number of aryl methyl sites for hydroxylation is 1. The van der Waals surface area contributed by atoms with E-state index in [0.29, 0.717) is 26.1 Å². The van der Waals surface area contributed by atoms with Gasteiger partial charge in [0, 0.05) is 39.3 Å². The molecule has 1 aromatic carbocycles. The van der Waals surface area contributed by atoms with Crippen LogP contribution < -0.4 is 10.6 Å². The van der Waals surface area contributed by atoms with E-state index in [0.717, 1.165) is 36.7 Å². The van der Waals surface area contributed by atoms with E-state index in [-0.39, 0.29) is 5.91 Å². The zero-order valence-electron chi connectivity index (χ0n) is 16.1. The molecule has 1 amide bonds. The van der Waals surface area contributed by atoms with Gasteiger partial charge >= 0.3 is 0 Å². The molecule has 0 bridgehead atoms. The SMILES string of the molecule is CCNC(=NCc1ccc(CN2CCCC2=O)cc1)NCc1ccnn1C. The molecule has 1 aliphatic rings. The second kappa shape index (κ2) is 9.21. The van der Waals surface area contributed by atoms with E-state index in [9.17, 15) is 4.79 Å². The topological polar surface area (TPSA) is 74.6 Å². The van der Waals surface area contributed by atoms with E-state index in [1.54, 1.807) is 6.20 Å². The van der Waals surface area contributed by atoms with Crippen molar-refractivity contribution in [3.8, 4) is 0 Å². The van der Waals surface area contributed by atoms with Crippen molar-refractivity contribution in [3.05, 3.63) is 53.3 Å². The van der Waals surface area contributed by atoms with Gasteiger partial charge < -0.3 is 15.5 Å². The van der Waals surface area contributed by atoms with Gasteiger partial charge in [-0.25, -0.2) is 4.99 Å². The highest BCUT2D eigenvalue weighted by atomic mass is 16.2. The number of amides is 1. The van der Waals surface area contributed by atoms with Gasteiger partial charge in [0.25, 0.3) is 0 Å². The number of nitrogens with zero attached hydrogens (tertiary/aromatic N) is 4. The number of aliphatic imine (C=N–C) groups is 1. The number of carbonyl (C=O) groups is 1. The Bertz CT molecular complexity index is 780. The van der Waals surface area contributed by atoms with Crippen LogP contribution in [0.1, 0.15) is 36.6 Å². The van der Waals surface area contributed by atoms with Crippen LogP contribution >= 0.6 is 0 Å². The first kappa shape index (κ1) is 18.9. The Hall–Kier alpha value is -2.83. The molecule has 3 rings (SSSR count). The Morgan fingerprint density at radius 3 is 2.59 bits per heavy atom. The molecule has 7 nitrogen and oxygen atoms in total. The Morgan fingerprint density at radius 2 is 1.96 bits per heavy atom. The van der Waals surface area contributed by atoms with Gasteiger partial charge in [0.1, 0.15) is 0 Å². The number of aromatic nitrogens is 2. The molecule has 0 unspecified atom stereocenters. The van der Waals surface area contributed by atoms with Crippen LogP contribution in [-0.2, 0) is 31.5 Å². The number of guanidine groups is 1. The molecule has 0 atom stereocenters. The highest BCUT2D eigenvalue weighted by Crippen LogP contribution is 2.15. The number of benzene rings is 1. The van der Waals surface area contributed by atoms with Gasteiger partial charge in [-0.15, -0.1) is 0 Å². The average molecular weight is 368 g/mol. The molecule has 27 heavy (non-hydrogen) atoms. The van der Waals surface area contributed by atoms with Crippen molar-refractivity contribution >= 4 is 11.9 Å². The monoisotopic (exact) mass is 368 g/mol. The fourth-order valence-electron chi connectivity index (χ4n) is 3.10. The molecule has 2 aromatic rings. The fraction of sp³-hybridized carbons (Fsp3) is 0.450. The average Bonchev–Trinajstić information content (AvgIpc) is 3.27. The van der Waals surface area contributed by atoms with Gasteiger partial charge in [-0.1, -0.05) is 24.3 Å². The number of carbonyl (C=O) groups excluding carboxylic acids is 1. The lowest BCUT2D eigenvalue weighted by Crippen LogP contribution is -2.37. The van der Waals surface area contributed by atoms with Crippen molar-refractivity contribution < 1.29 is 4.79 Å². The number of hydrogen-bond donors (Lipinski definition) is 2. The molecule has 1 saturated heterocycles. The summed E-state index contributed by atoms with van der Waals surface area (Å²) in [6.45, 7) is 5.71. The van der Waals surface area contributed by atoms with E-state index in [1.807, 2.05) is 22.7 Å². The van der Waals surface area contributed by atoms with Gasteiger partial charge in [-0.05, 0) is 30.5 Å². The van der Waals surface area contributed by atoms with Crippen LogP contribution in [0.4, 0.5) is 0 Å². The van der Waals surface area contributed by atoms with Crippen LogP contribution in [0.15, 0.2) is 41.5 Å². The summed E-state index contributed by atoms with van der Waals surface area (Å²) in [4.78, 5) is 18.3. The summed E-state index contributed by atoms with van der Waals surface area (Å²) in [5, 5.41) is 10.8. The van der Waals surface area contributed by atoms with Crippen LogP contribution in [0.2, 0.25) is 0 Å². The summed E-state index contributed by atoms with van der Waals surface area (Å²) < 4.78 is 1.85. The first-order valence-corrected chi connectivity index (χ1v) is 9.50. The normalized spacial score (nSPS) is 14.7. The minimum absolute atomic E-state index is 0.262. The first-order valence-electron chi connectivity index (χ1n) is 9.50. The molecule has 144 valence electrons. The first-order chi connectivity index (χ1) is 13.2. The zero-order valence-corrected chi connectivity index (χ0v) is 16.1. The maximum atomic E-state index is 11.7. The predicted molar refractivity (Wildman–Crippen MR) is 106 cm³/mol. The molecule has 0 spiro atoms. The van der Waals surface area contributed by atoms with Gasteiger partial charge in [0.15, 0.2) is 5.96 Å². The fourth-order valence-corrected chi connectivity index (χ4v) is 3.10. The smallest absolute Gasteiger partial charge is 0.222 e. The van der Waals surface area contributed by atoms with E-state index in [1.165, 1.54) is 5.56 Å². The maximum absolute atomic E-state index is 11.7. The molecular weight excluding hydrogens is 340 g/mol. The van der Waals surface area contributed by atoms with E-state index < -0.39 is 0 Å². The molecule has 7 heteroatoms. The summed E-state index contributed by atoms with van der Waals surface area (Å²) in [5.41, 5.74) is 3.41. The highest BCUT2D eigenvalue weighted by molar-refractivity contribution is 5.79. The predicted octanol–water partition coefficient (Wildman–Crippen LogP) is 1.80. The van der Waals surface area contributed by atoms with Crippen molar-refractivity contribution in [2.24, 2.45) is 12.0 Å². The van der Waals surface area contributed by atoms with Gasteiger partial charge in [0.05, 0.1) is 18.8 Å². The van der Waals surface area contributed by atoms with Crippen LogP contribution in [0.25, 0.3) is 0 Å². The van der Waals surface area contributed by atoms with Gasteiger partial charge in [-0.2, -0.15) is 5.10 Å². The minimum atomic E-state index is 0.262. The Kier molecular flexibility index (Phi) is 6.46. The number of rotatable bonds is 7. The largest absolute Gasteiger partial charge is 0.357 e. The minimum Gasteiger partial charge on any atom is -0.357 e. The Labute approximate surface area is 160 Å². The van der Waals surface area contributed by atoms with E-state index in [2.05, 4.69) is 51.9 Å². The molecular formula is C20H28N6O. The Morgan fingerprint density at radius 1 is 1.19 bits per heavy atom. The van der Waals surface area contributed by atoms with Crippen molar-refractivity contribution in [1.82, 2.24) is 25.3 Å². The molecule has 0 radical (unpaired) electrons. The van der Waals surface area contributed by atoms with Crippen molar-refractivity contribution in [2.75, 3.05) is 13.1 Å². The number of hydrogen-bond acceptors (Lipinski definition) is 3. The lowest BCUT2D eigenvalue weighted by Gasteiger charge is -2.15. The van der Waals surface area contributed by atoms with Crippen molar-refractivity contribution in [2.45, 2.75) is 39.4 Å². The van der Waals surface area contributed by atoms with Crippen LogP contribution in [0, 0.1) is 0 Å². The second-order valence-electron chi connectivity index (χ2n) is 6.73. The van der Waals surface area contributed by atoms with Gasteiger partial charge in [0.2, 0.25) is 5.91 Å². The molecule has 2 N–H and O–H groups in total. The molecule has 1 aromatic heterocycles. The van der Waals surface area contributed by atoms with Crippen LogP contribution in [-0.4, -0.2) is 39.6 Å². The molecule has 1 fully saturated rings. The van der Waals surface area contributed by atoms with Crippen LogP contribution in [0.3, 0.4) is 0 Å². The summed E-state index contributed by atoms with van der Waals surface area (Å²) in [5.74, 6) is 1.05. The molecule has 2 heterocycles. The third-order valence-electron chi connectivity index (χ3n) is 4.69. The third-order valence-corrected chi connectivity index (χ3v) is 4.69. The van der Waals surface area contributed by atoms with Gasteiger partial charge in [-0.3, -0.25) is 9.48 Å². The van der Waals surface area contributed by atoms with E-state index >= 15 is 0 Å². The standard InChI is InChI=1S/C20H28N6O/c1-3-21-20(23-14-18-10-11-24-25(18)2)22-13-16-6-8-17(9-7-16)15-26-12-4-5-19(26)27/h6-11H,3-5,12-15H2,1-2H3,(H2,21,22,23). The van der Waals surface area contributed by atoms with Crippen molar-refractivity contribution in [3.63, 3.8) is 0 Å². The zero-order chi connectivity index (χ0) is 19.1. The maximum Gasteiger partial charge on any atom is 0.222 e. The summed E-state index contributed by atoms with van der Waals surface area (Å²) in [6, 6.07) is 10.3. The molecule has 0 aliphatic carbocycles. The quantitative estimate of drug-likeness (QED) is 0.577. The summed E-state index contributed by atoms with van der Waals surface area (Å²) in [6.07, 6.45) is 3.45. The van der Waals surface area contributed by atoms with Crippen LogP contribution in [0.5, 0.6) is 0 Å². The second-order valence-corrected chi connectivity index (χ2v) is 6.73. The molecule has 0 saturated carbocycles. The highest BCUT2D eigenvalue weighted by Gasteiger charge is 2.19. The number of likely N-dealkylation sites (tertiary alicyclic amines) is 1. The van der Waals surface area contributed by atoms with Crippen molar-refractivity contribution in [1.29, 1.82) is 0 Å². The third kappa shape index (κ3) is 5.32.